The van der Waals surface area contributed by atoms with Gasteiger partial charge in [0, 0.05) is 0 Å². The molecule has 1 saturated heterocycles. The molecule has 1 fully saturated rings. The number of ether oxygens (including phenoxy) is 1. The van der Waals surface area contributed by atoms with Gasteiger partial charge in [0.1, 0.15) is 18.3 Å². The van der Waals surface area contributed by atoms with Gasteiger partial charge in [-0.15, -0.1) is 0 Å². The normalized spacial score (nSPS) is 30.9. The van der Waals surface area contributed by atoms with E-state index in [9.17, 15) is 20.1 Å². The zero-order valence-corrected chi connectivity index (χ0v) is 11.0. The van der Waals surface area contributed by atoms with E-state index in [2.05, 4.69) is 15.0 Å². The van der Waals surface area contributed by atoms with Gasteiger partial charge in [-0.25, -0.2) is 4.98 Å². The van der Waals surface area contributed by atoms with E-state index < -0.39 is 36.2 Å². The first-order valence-corrected chi connectivity index (χ1v) is 6.32. The predicted molar refractivity (Wildman–Crippen MR) is 70.2 cm³/mol. The number of hydrogen-bond donors (Lipinski definition) is 5. The summed E-state index contributed by atoms with van der Waals surface area (Å²) in [6, 6.07) is 0. The molecule has 0 spiro atoms. The minimum absolute atomic E-state index is 0.0370. The van der Waals surface area contributed by atoms with E-state index in [0.29, 0.717) is 0 Å². The van der Waals surface area contributed by atoms with E-state index >= 15 is 0 Å². The lowest BCUT2D eigenvalue weighted by Gasteiger charge is -2.17. The van der Waals surface area contributed by atoms with Crippen LogP contribution in [0.1, 0.15) is 13.2 Å². The monoisotopic (exact) mass is 297 g/mol. The fourth-order valence-corrected chi connectivity index (χ4v) is 2.44. The van der Waals surface area contributed by atoms with E-state index in [1.54, 1.807) is 0 Å². The van der Waals surface area contributed by atoms with Crippen molar-refractivity contribution in [1.82, 2.24) is 19.5 Å². The fourth-order valence-electron chi connectivity index (χ4n) is 2.44. The van der Waals surface area contributed by atoms with Crippen molar-refractivity contribution in [2.24, 2.45) is 0 Å². The molecule has 21 heavy (non-hydrogen) atoms. The van der Waals surface area contributed by atoms with Crippen molar-refractivity contribution in [3.8, 4) is 0 Å². The summed E-state index contributed by atoms with van der Waals surface area (Å²) in [5, 5.41) is 29.5. The number of aromatic nitrogens is 4. The third-order valence-electron chi connectivity index (χ3n) is 3.48. The minimum atomic E-state index is -1.30. The lowest BCUT2D eigenvalue weighted by molar-refractivity contribution is -0.0777. The molecule has 2 aromatic heterocycles. The first-order valence-electron chi connectivity index (χ1n) is 6.32. The summed E-state index contributed by atoms with van der Waals surface area (Å²) in [5.74, 6) is -0.102. The summed E-state index contributed by atoms with van der Waals surface area (Å²) < 4.78 is 6.76. The number of fused-ring (bicyclic) bond motifs is 1. The van der Waals surface area contributed by atoms with Gasteiger partial charge in [-0.05, 0) is 6.92 Å². The maximum Gasteiger partial charge on any atom is 0.280 e. The van der Waals surface area contributed by atoms with Crippen molar-refractivity contribution in [1.29, 1.82) is 0 Å². The Bertz CT molecular complexity index is 725. The smallest absolute Gasteiger partial charge is 0.280 e. The van der Waals surface area contributed by atoms with E-state index in [4.69, 9.17) is 10.5 Å². The Morgan fingerprint density at radius 2 is 2.19 bits per heavy atom. The number of nitrogens with one attached hydrogen (secondary N) is 1. The van der Waals surface area contributed by atoms with E-state index in [1.165, 1.54) is 17.8 Å². The molecule has 10 nitrogen and oxygen atoms in total. The summed E-state index contributed by atoms with van der Waals surface area (Å²) in [4.78, 5) is 21.9. The Hall–Kier alpha value is -2.01. The van der Waals surface area contributed by atoms with Gasteiger partial charge in [0.05, 0.1) is 12.4 Å². The van der Waals surface area contributed by atoms with Crippen molar-refractivity contribution >= 4 is 17.1 Å². The van der Waals surface area contributed by atoms with Crippen LogP contribution in [0.15, 0.2) is 11.1 Å². The van der Waals surface area contributed by atoms with Crippen LogP contribution >= 0.6 is 0 Å². The molecule has 0 amide bonds. The largest absolute Gasteiger partial charge is 0.391 e. The summed E-state index contributed by atoms with van der Waals surface area (Å²) >= 11 is 0. The SMILES string of the molecule is C[C@@H](O)[C@H]1O[C@@H](n2cnc3c(=O)[nH]c(N)nc32)[C@@H](O)C1O. The Kier molecular flexibility index (Phi) is 3.17. The molecule has 10 heteroatoms. The number of H-pyrrole nitrogens is 1. The molecule has 1 unspecified atom stereocenters. The number of nitrogens with two attached hydrogens (primary N) is 1. The lowest BCUT2D eigenvalue weighted by Crippen LogP contribution is -2.37. The molecule has 1 aliphatic rings. The van der Waals surface area contributed by atoms with Gasteiger partial charge < -0.3 is 25.8 Å². The zero-order chi connectivity index (χ0) is 15.3. The number of aromatic amines is 1. The van der Waals surface area contributed by atoms with Gasteiger partial charge in [-0.3, -0.25) is 14.3 Å². The number of aliphatic hydroxyl groups excluding tert-OH is 3. The number of rotatable bonds is 2. The Labute approximate surface area is 117 Å². The van der Waals surface area contributed by atoms with Gasteiger partial charge in [0.2, 0.25) is 5.95 Å². The highest BCUT2D eigenvalue weighted by Gasteiger charge is 2.46. The maximum absolute atomic E-state index is 11.7. The van der Waals surface area contributed by atoms with Crippen molar-refractivity contribution in [3.63, 3.8) is 0 Å². The van der Waals surface area contributed by atoms with E-state index in [-0.39, 0.29) is 17.1 Å². The summed E-state index contributed by atoms with van der Waals surface area (Å²) in [7, 11) is 0. The molecule has 1 aliphatic heterocycles. The number of nitrogens with zero attached hydrogens (tertiary/aromatic N) is 3. The average molecular weight is 297 g/mol. The minimum Gasteiger partial charge on any atom is -0.391 e. The highest BCUT2D eigenvalue weighted by molar-refractivity contribution is 5.70. The van der Waals surface area contributed by atoms with E-state index in [1.807, 2.05) is 0 Å². The molecule has 5 atom stereocenters. The van der Waals surface area contributed by atoms with Gasteiger partial charge in [-0.1, -0.05) is 0 Å². The fraction of sp³-hybridized carbons (Fsp3) is 0.545. The van der Waals surface area contributed by atoms with Crippen LogP contribution in [0.2, 0.25) is 0 Å². The van der Waals surface area contributed by atoms with Gasteiger partial charge in [0.15, 0.2) is 17.4 Å². The molecule has 3 rings (SSSR count). The van der Waals surface area contributed by atoms with Crippen LogP contribution in [-0.2, 0) is 4.74 Å². The topological polar surface area (TPSA) is 160 Å². The molecular formula is C11H15N5O5. The van der Waals surface area contributed by atoms with Crippen LogP contribution in [0.4, 0.5) is 5.95 Å². The van der Waals surface area contributed by atoms with Crippen molar-refractivity contribution in [2.45, 2.75) is 37.6 Å². The predicted octanol–water partition coefficient (Wildman–Crippen LogP) is -2.30. The molecule has 3 heterocycles. The quantitative estimate of drug-likeness (QED) is 0.414. The molecule has 2 aromatic rings. The molecule has 114 valence electrons. The second-order valence-electron chi connectivity index (χ2n) is 4.99. The number of imidazole rings is 1. The first-order chi connectivity index (χ1) is 9.90. The molecule has 0 aliphatic carbocycles. The Morgan fingerprint density at radius 3 is 2.81 bits per heavy atom. The molecule has 6 N–H and O–H groups in total. The van der Waals surface area contributed by atoms with Crippen LogP contribution in [0.5, 0.6) is 0 Å². The summed E-state index contributed by atoms with van der Waals surface area (Å²) in [6.07, 6.45) is -4.27. The first kappa shape index (κ1) is 13.9. The number of hydrogen-bond acceptors (Lipinski definition) is 8. The van der Waals surface area contributed by atoms with Gasteiger partial charge in [-0.2, -0.15) is 4.98 Å². The second-order valence-corrected chi connectivity index (χ2v) is 4.99. The van der Waals surface area contributed by atoms with Gasteiger partial charge >= 0.3 is 0 Å². The van der Waals surface area contributed by atoms with Gasteiger partial charge in [0.25, 0.3) is 5.56 Å². The molecule has 0 radical (unpaired) electrons. The standard InChI is InChI=1S/C11H15N5O5/c1-3(17)7-5(18)6(19)10(21-7)16-2-13-4-8(16)14-11(12)15-9(4)20/h2-3,5-7,10,17-19H,1H3,(H3,12,14,15,20)/t3-,5?,6+,7-,10-/m1/s1. The number of nitrogen functional groups attached to an aromatic ring is 1. The van der Waals surface area contributed by atoms with Crippen molar-refractivity contribution in [2.75, 3.05) is 5.73 Å². The number of anilines is 1. The third-order valence-corrected chi connectivity index (χ3v) is 3.48. The zero-order valence-electron chi connectivity index (χ0n) is 11.0. The summed E-state index contributed by atoms with van der Waals surface area (Å²) in [6.45, 7) is 1.44. The highest BCUT2D eigenvalue weighted by Crippen LogP contribution is 2.32. The molecular weight excluding hydrogens is 282 g/mol. The Morgan fingerprint density at radius 1 is 1.48 bits per heavy atom. The highest BCUT2D eigenvalue weighted by atomic mass is 16.6. The molecule has 0 bridgehead atoms. The summed E-state index contributed by atoms with van der Waals surface area (Å²) in [5.41, 5.74) is 5.13. The van der Waals surface area contributed by atoms with Crippen LogP contribution < -0.4 is 11.3 Å². The Balaban J connectivity index is 2.07. The van der Waals surface area contributed by atoms with Crippen LogP contribution in [0.25, 0.3) is 11.2 Å². The number of aliphatic hydroxyl groups is 3. The van der Waals surface area contributed by atoms with Crippen LogP contribution in [0, 0.1) is 0 Å². The van der Waals surface area contributed by atoms with Crippen LogP contribution in [-0.4, -0.2) is 59.3 Å². The maximum atomic E-state index is 11.7. The second kappa shape index (κ2) is 4.77. The van der Waals surface area contributed by atoms with Crippen molar-refractivity contribution < 1.29 is 20.1 Å². The molecule has 0 saturated carbocycles. The average Bonchev–Trinajstić information content (AvgIpc) is 2.93. The molecule has 0 aromatic carbocycles. The lowest BCUT2D eigenvalue weighted by atomic mass is 10.1. The van der Waals surface area contributed by atoms with Crippen molar-refractivity contribution in [3.05, 3.63) is 16.7 Å². The van der Waals surface area contributed by atoms with Crippen LogP contribution in [0.3, 0.4) is 0 Å². The van der Waals surface area contributed by atoms with E-state index in [0.717, 1.165) is 0 Å². The third kappa shape index (κ3) is 2.08.